The molecule has 0 bridgehead atoms. The zero-order valence-electron chi connectivity index (χ0n) is 9.43. The van der Waals surface area contributed by atoms with E-state index in [-0.39, 0.29) is 5.78 Å². The zero-order chi connectivity index (χ0) is 12.4. The monoisotopic (exact) mass is 235 g/mol. The standard InChI is InChI=1S/C12H13NO4/c1-7(14)10(12(13)15)8-3-2-4-9-11(8)17-6-5-16-9/h2-4,10H,5-6H2,1H3,(H2,13,15). The summed E-state index contributed by atoms with van der Waals surface area (Å²) in [6.07, 6.45) is 0. The highest BCUT2D eigenvalue weighted by molar-refractivity contribution is 6.05. The number of carbonyl (C=O) groups excluding carboxylic acids is 2. The fourth-order valence-electron chi connectivity index (χ4n) is 1.90. The molecule has 90 valence electrons. The lowest BCUT2D eigenvalue weighted by Crippen LogP contribution is -2.28. The molecule has 0 aliphatic carbocycles. The number of hydrogen-bond acceptors (Lipinski definition) is 4. The Kier molecular flexibility index (Phi) is 2.99. The Labute approximate surface area is 98.5 Å². The molecule has 1 amide bonds. The summed E-state index contributed by atoms with van der Waals surface area (Å²) in [5.41, 5.74) is 5.72. The predicted octanol–water partition coefficient (Wildman–Crippen LogP) is 0.616. The van der Waals surface area contributed by atoms with E-state index in [1.54, 1.807) is 18.2 Å². The van der Waals surface area contributed by atoms with Crippen LogP contribution >= 0.6 is 0 Å². The van der Waals surface area contributed by atoms with E-state index in [1.807, 2.05) is 0 Å². The Morgan fingerprint density at radius 3 is 2.65 bits per heavy atom. The van der Waals surface area contributed by atoms with Crippen molar-refractivity contribution in [3.8, 4) is 11.5 Å². The SMILES string of the molecule is CC(=O)C(C(N)=O)c1cccc2c1OCCO2. The van der Waals surface area contributed by atoms with Gasteiger partial charge in [0.25, 0.3) is 0 Å². The molecule has 5 nitrogen and oxygen atoms in total. The van der Waals surface area contributed by atoms with Crippen molar-refractivity contribution in [3.05, 3.63) is 23.8 Å². The van der Waals surface area contributed by atoms with Gasteiger partial charge in [-0.3, -0.25) is 9.59 Å². The van der Waals surface area contributed by atoms with E-state index in [0.717, 1.165) is 0 Å². The number of hydrogen-bond donors (Lipinski definition) is 1. The van der Waals surface area contributed by atoms with Crippen molar-refractivity contribution in [2.45, 2.75) is 12.8 Å². The molecule has 0 saturated heterocycles. The van der Waals surface area contributed by atoms with Gasteiger partial charge in [0.05, 0.1) is 0 Å². The number of ether oxygens (including phenoxy) is 2. The van der Waals surface area contributed by atoms with Crippen LogP contribution in [-0.4, -0.2) is 24.9 Å². The Morgan fingerprint density at radius 1 is 1.29 bits per heavy atom. The van der Waals surface area contributed by atoms with E-state index in [0.29, 0.717) is 30.3 Å². The lowest BCUT2D eigenvalue weighted by atomic mass is 9.93. The van der Waals surface area contributed by atoms with Gasteiger partial charge in [-0.15, -0.1) is 0 Å². The topological polar surface area (TPSA) is 78.6 Å². The van der Waals surface area contributed by atoms with Crippen molar-refractivity contribution >= 4 is 11.7 Å². The van der Waals surface area contributed by atoms with Crippen molar-refractivity contribution in [3.63, 3.8) is 0 Å². The van der Waals surface area contributed by atoms with Crippen LogP contribution in [0.15, 0.2) is 18.2 Å². The van der Waals surface area contributed by atoms with Crippen LogP contribution in [0.3, 0.4) is 0 Å². The van der Waals surface area contributed by atoms with Crippen molar-refractivity contribution in [2.24, 2.45) is 5.73 Å². The van der Waals surface area contributed by atoms with Gasteiger partial charge in [0.15, 0.2) is 11.5 Å². The molecular weight excluding hydrogens is 222 g/mol. The molecule has 2 N–H and O–H groups in total. The van der Waals surface area contributed by atoms with Gasteiger partial charge in [-0.2, -0.15) is 0 Å². The molecule has 1 atom stereocenters. The molecule has 17 heavy (non-hydrogen) atoms. The van der Waals surface area contributed by atoms with Gasteiger partial charge in [0.1, 0.15) is 24.9 Å². The van der Waals surface area contributed by atoms with Gasteiger partial charge < -0.3 is 15.2 Å². The maximum absolute atomic E-state index is 11.5. The fourth-order valence-corrected chi connectivity index (χ4v) is 1.90. The summed E-state index contributed by atoms with van der Waals surface area (Å²) in [7, 11) is 0. The number of carbonyl (C=O) groups is 2. The highest BCUT2D eigenvalue weighted by Crippen LogP contribution is 2.37. The van der Waals surface area contributed by atoms with Crippen LogP contribution in [0.2, 0.25) is 0 Å². The van der Waals surface area contributed by atoms with Crippen LogP contribution in [0.5, 0.6) is 11.5 Å². The average molecular weight is 235 g/mol. The van der Waals surface area contributed by atoms with E-state index in [9.17, 15) is 9.59 Å². The maximum Gasteiger partial charge on any atom is 0.232 e. The number of Topliss-reactive ketones (excluding diaryl/α,β-unsaturated/α-hetero) is 1. The fraction of sp³-hybridized carbons (Fsp3) is 0.333. The number of rotatable bonds is 3. The Hall–Kier alpha value is -2.04. The number of amides is 1. The van der Waals surface area contributed by atoms with E-state index in [4.69, 9.17) is 15.2 Å². The van der Waals surface area contributed by atoms with Gasteiger partial charge in [-0.1, -0.05) is 12.1 Å². The van der Waals surface area contributed by atoms with Crippen LogP contribution in [-0.2, 0) is 9.59 Å². The molecule has 0 saturated carbocycles. The van der Waals surface area contributed by atoms with E-state index < -0.39 is 11.8 Å². The quantitative estimate of drug-likeness (QED) is 0.779. The minimum Gasteiger partial charge on any atom is -0.486 e. The first-order valence-electron chi connectivity index (χ1n) is 5.29. The molecule has 1 aromatic carbocycles. The van der Waals surface area contributed by atoms with Crippen LogP contribution in [0.4, 0.5) is 0 Å². The second-order valence-electron chi connectivity index (χ2n) is 3.82. The number of benzene rings is 1. The maximum atomic E-state index is 11.5. The third-order valence-corrected chi connectivity index (χ3v) is 2.60. The zero-order valence-corrected chi connectivity index (χ0v) is 9.43. The number of primary amides is 1. The molecule has 1 aromatic rings. The second kappa shape index (κ2) is 4.45. The van der Waals surface area contributed by atoms with Gasteiger partial charge in [-0.25, -0.2) is 0 Å². The van der Waals surface area contributed by atoms with Crippen molar-refractivity contribution in [1.29, 1.82) is 0 Å². The summed E-state index contributed by atoms with van der Waals surface area (Å²) in [4.78, 5) is 22.8. The van der Waals surface area contributed by atoms with E-state index in [2.05, 4.69) is 0 Å². The molecule has 0 spiro atoms. The molecule has 0 fully saturated rings. The number of ketones is 1. The average Bonchev–Trinajstić information content (AvgIpc) is 2.28. The highest BCUT2D eigenvalue weighted by atomic mass is 16.6. The first-order valence-corrected chi connectivity index (χ1v) is 5.29. The molecule has 5 heteroatoms. The van der Waals surface area contributed by atoms with Gasteiger partial charge >= 0.3 is 0 Å². The van der Waals surface area contributed by atoms with Crippen LogP contribution in [0, 0.1) is 0 Å². The summed E-state index contributed by atoms with van der Waals surface area (Å²) < 4.78 is 10.8. The minimum absolute atomic E-state index is 0.305. The van der Waals surface area contributed by atoms with E-state index in [1.165, 1.54) is 6.92 Å². The Bertz CT molecular complexity index is 456. The molecule has 1 aliphatic heterocycles. The summed E-state index contributed by atoms with van der Waals surface area (Å²) in [6.45, 7) is 2.18. The van der Waals surface area contributed by atoms with Crippen LogP contribution in [0.25, 0.3) is 0 Å². The summed E-state index contributed by atoms with van der Waals surface area (Å²) in [6, 6.07) is 5.10. The van der Waals surface area contributed by atoms with Crippen molar-refractivity contribution < 1.29 is 19.1 Å². The predicted molar refractivity (Wildman–Crippen MR) is 60.0 cm³/mol. The van der Waals surface area contributed by atoms with Crippen LogP contribution < -0.4 is 15.2 Å². The number of para-hydroxylation sites is 1. The normalized spacial score (nSPS) is 15.1. The van der Waals surface area contributed by atoms with Gasteiger partial charge in [0.2, 0.25) is 5.91 Å². The van der Waals surface area contributed by atoms with Gasteiger partial charge in [0, 0.05) is 5.56 Å². The third kappa shape index (κ3) is 2.08. The first-order chi connectivity index (χ1) is 8.11. The lowest BCUT2D eigenvalue weighted by Gasteiger charge is -2.22. The van der Waals surface area contributed by atoms with Crippen molar-refractivity contribution in [2.75, 3.05) is 13.2 Å². The van der Waals surface area contributed by atoms with Crippen LogP contribution in [0.1, 0.15) is 18.4 Å². The van der Waals surface area contributed by atoms with Gasteiger partial charge in [-0.05, 0) is 13.0 Å². The highest BCUT2D eigenvalue weighted by Gasteiger charge is 2.29. The molecule has 0 aromatic heterocycles. The Balaban J connectivity index is 2.50. The van der Waals surface area contributed by atoms with E-state index >= 15 is 0 Å². The largest absolute Gasteiger partial charge is 0.486 e. The summed E-state index contributed by atoms with van der Waals surface area (Å²) in [5.74, 6) is -0.981. The third-order valence-electron chi connectivity index (χ3n) is 2.60. The van der Waals surface area contributed by atoms with Crippen molar-refractivity contribution in [1.82, 2.24) is 0 Å². The first kappa shape index (κ1) is 11.4. The Morgan fingerprint density at radius 2 is 2.00 bits per heavy atom. The molecule has 1 unspecified atom stereocenters. The smallest absolute Gasteiger partial charge is 0.232 e. The number of nitrogens with two attached hydrogens (primary N) is 1. The molecular formula is C12H13NO4. The minimum atomic E-state index is -0.980. The lowest BCUT2D eigenvalue weighted by molar-refractivity contribution is -0.127. The number of fused-ring (bicyclic) bond motifs is 1. The molecule has 2 rings (SSSR count). The summed E-state index contributed by atoms with van der Waals surface area (Å²) in [5, 5.41) is 0. The second-order valence-corrected chi connectivity index (χ2v) is 3.82. The molecule has 1 heterocycles. The molecule has 0 radical (unpaired) electrons. The summed E-state index contributed by atoms with van der Waals surface area (Å²) >= 11 is 0. The molecule has 1 aliphatic rings.